The van der Waals surface area contributed by atoms with Gasteiger partial charge < -0.3 is 19.9 Å². The van der Waals surface area contributed by atoms with Gasteiger partial charge in [0, 0.05) is 12.1 Å². The van der Waals surface area contributed by atoms with Crippen LogP contribution in [0.1, 0.15) is 27.7 Å². The Morgan fingerprint density at radius 3 is 2.39 bits per heavy atom. The quantitative estimate of drug-likeness (QED) is 0.865. The Balaban J connectivity index is 2.21. The highest BCUT2D eigenvalue weighted by atomic mass is 16.6. The highest BCUT2D eigenvalue weighted by Gasteiger charge is 2.48. The predicted octanol–water partition coefficient (Wildman–Crippen LogP) is 1.86. The van der Waals surface area contributed by atoms with Gasteiger partial charge >= 0.3 is 5.97 Å². The molecule has 124 valence electrons. The maximum atomic E-state index is 12.9. The first-order valence-electron chi connectivity index (χ1n) is 7.44. The summed E-state index contributed by atoms with van der Waals surface area (Å²) in [5, 5.41) is 12.7. The molecule has 1 aromatic carbocycles. The first kappa shape index (κ1) is 15.5. The Morgan fingerprint density at radius 2 is 1.83 bits per heavy atom. The molecule has 2 aliphatic heterocycles. The third-order valence-corrected chi connectivity index (χ3v) is 4.17. The van der Waals surface area contributed by atoms with Gasteiger partial charge in [-0.05, 0) is 27.7 Å². The molecule has 0 saturated carbocycles. The van der Waals surface area contributed by atoms with Crippen LogP contribution in [0.2, 0.25) is 0 Å². The van der Waals surface area contributed by atoms with Gasteiger partial charge in [-0.2, -0.15) is 0 Å². The third kappa shape index (κ3) is 2.27. The average molecular weight is 320 g/mol. The van der Waals surface area contributed by atoms with Crippen LogP contribution in [0.15, 0.2) is 12.1 Å². The zero-order valence-corrected chi connectivity index (χ0v) is 13.6. The van der Waals surface area contributed by atoms with Crippen molar-refractivity contribution in [1.29, 1.82) is 0 Å². The van der Waals surface area contributed by atoms with E-state index in [1.54, 1.807) is 26.0 Å². The standard InChI is InChI=1S/C16H20N2O5/c1-15(2)13(19)18(16(3,4)14(20)21)10-8-12-11(7-9(10)17-15)22-5-6-23-12/h7-8,17H,5-6H2,1-4H3,(H,20,21). The summed E-state index contributed by atoms with van der Waals surface area (Å²) < 4.78 is 11.1. The summed E-state index contributed by atoms with van der Waals surface area (Å²) in [4.78, 5) is 25.9. The largest absolute Gasteiger partial charge is 0.486 e. The molecular weight excluding hydrogens is 300 g/mol. The van der Waals surface area contributed by atoms with E-state index in [0.717, 1.165) is 0 Å². The monoisotopic (exact) mass is 320 g/mol. The number of fused-ring (bicyclic) bond motifs is 2. The van der Waals surface area contributed by atoms with Crippen LogP contribution < -0.4 is 19.7 Å². The van der Waals surface area contributed by atoms with E-state index < -0.39 is 17.0 Å². The number of carboxylic acids is 1. The first-order chi connectivity index (χ1) is 10.6. The number of nitrogens with zero attached hydrogens (tertiary/aromatic N) is 1. The van der Waals surface area contributed by atoms with Crippen LogP contribution in [0.3, 0.4) is 0 Å². The molecule has 0 atom stereocenters. The van der Waals surface area contributed by atoms with Crippen LogP contribution >= 0.6 is 0 Å². The number of nitrogens with one attached hydrogen (secondary N) is 1. The van der Waals surface area contributed by atoms with Crippen molar-refractivity contribution in [3.63, 3.8) is 0 Å². The summed E-state index contributed by atoms with van der Waals surface area (Å²) in [7, 11) is 0. The number of hydrogen-bond acceptors (Lipinski definition) is 5. The summed E-state index contributed by atoms with van der Waals surface area (Å²) in [5.41, 5.74) is -1.20. The van der Waals surface area contributed by atoms with Gasteiger partial charge in [0.2, 0.25) is 0 Å². The number of carbonyl (C=O) groups is 2. The molecule has 0 unspecified atom stereocenters. The summed E-state index contributed by atoms with van der Waals surface area (Å²) in [6.45, 7) is 7.34. The van der Waals surface area contributed by atoms with Crippen LogP contribution in [-0.4, -0.2) is 41.3 Å². The minimum atomic E-state index is -1.39. The molecule has 0 radical (unpaired) electrons. The minimum absolute atomic E-state index is 0.311. The second-order valence-electron chi connectivity index (χ2n) is 6.77. The van der Waals surface area contributed by atoms with E-state index >= 15 is 0 Å². The summed E-state index contributed by atoms with van der Waals surface area (Å²) in [5.74, 6) is -0.297. The molecule has 0 fully saturated rings. The number of hydrogen-bond donors (Lipinski definition) is 2. The number of anilines is 2. The third-order valence-electron chi connectivity index (χ3n) is 4.17. The number of rotatable bonds is 2. The van der Waals surface area contributed by atoms with Crippen molar-refractivity contribution in [3.05, 3.63) is 12.1 Å². The van der Waals surface area contributed by atoms with E-state index in [9.17, 15) is 14.7 Å². The first-order valence-corrected chi connectivity index (χ1v) is 7.44. The van der Waals surface area contributed by atoms with Crippen LogP contribution in [0.5, 0.6) is 11.5 Å². The van der Waals surface area contributed by atoms with Crippen molar-refractivity contribution in [2.45, 2.75) is 38.8 Å². The number of ether oxygens (including phenoxy) is 2. The molecule has 3 rings (SSSR count). The van der Waals surface area contributed by atoms with Crippen molar-refractivity contribution in [1.82, 2.24) is 0 Å². The number of aliphatic carboxylic acids is 1. The smallest absolute Gasteiger partial charge is 0.329 e. The Bertz CT molecular complexity index is 696. The van der Waals surface area contributed by atoms with Gasteiger partial charge in [0.05, 0.1) is 11.4 Å². The lowest BCUT2D eigenvalue weighted by Crippen LogP contribution is -2.63. The Labute approximate surface area is 134 Å². The van der Waals surface area contributed by atoms with Crippen LogP contribution in [-0.2, 0) is 9.59 Å². The SMILES string of the molecule is CC1(C)Nc2cc3c(cc2N(C(C)(C)C(=O)O)C1=O)OCCO3. The summed E-state index contributed by atoms with van der Waals surface area (Å²) in [6.07, 6.45) is 0. The van der Waals surface area contributed by atoms with Gasteiger partial charge in [0.1, 0.15) is 24.3 Å². The van der Waals surface area contributed by atoms with Crippen molar-refractivity contribution < 1.29 is 24.2 Å². The van der Waals surface area contributed by atoms with E-state index in [4.69, 9.17) is 9.47 Å². The number of benzene rings is 1. The molecule has 1 aromatic rings. The second kappa shape index (κ2) is 4.78. The molecule has 2 N–H and O–H groups in total. The highest BCUT2D eigenvalue weighted by molar-refractivity contribution is 6.12. The van der Waals surface area contributed by atoms with E-state index in [-0.39, 0.29) is 5.91 Å². The molecule has 7 heteroatoms. The van der Waals surface area contributed by atoms with Crippen molar-refractivity contribution >= 4 is 23.3 Å². The summed E-state index contributed by atoms with van der Waals surface area (Å²) >= 11 is 0. The Hall–Kier alpha value is -2.44. The molecule has 0 bridgehead atoms. The number of amides is 1. The van der Waals surface area contributed by atoms with Gasteiger partial charge in [-0.3, -0.25) is 9.69 Å². The van der Waals surface area contributed by atoms with Gasteiger partial charge in [0.25, 0.3) is 5.91 Å². The molecule has 7 nitrogen and oxygen atoms in total. The fraction of sp³-hybridized carbons (Fsp3) is 0.500. The Kier molecular flexibility index (Phi) is 3.21. The van der Waals surface area contributed by atoms with Gasteiger partial charge in [-0.1, -0.05) is 0 Å². The number of carboxylic acid groups (broad SMARTS) is 1. The molecule has 23 heavy (non-hydrogen) atoms. The lowest BCUT2D eigenvalue weighted by molar-refractivity contribution is -0.144. The van der Waals surface area contributed by atoms with Gasteiger partial charge in [0.15, 0.2) is 11.5 Å². The maximum absolute atomic E-state index is 12.9. The molecule has 0 aliphatic carbocycles. The van der Waals surface area contributed by atoms with E-state index in [1.807, 2.05) is 0 Å². The van der Waals surface area contributed by atoms with E-state index in [0.29, 0.717) is 36.1 Å². The lowest BCUT2D eigenvalue weighted by Gasteiger charge is -2.45. The van der Waals surface area contributed by atoms with Gasteiger partial charge in [-0.25, -0.2) is 4.79 Å². The lowest BCUT2D eigenvalue weighted by atomic mass is 9.91. The molecule has 0 aromatic heterocycles. The zero-order valence-electron chi connectivity index (χ0n) is 13.6. The summed E-state index contributed by atoms with van der Waals surface area (Å²) in [6, 6.07) is 3.41. The topological polar surface area (TPSA) is 88.1 Å². The predicted molar refractivity (Wildman–Crippen MR) is 84.3 cm³/mol. The van der Waals surface area contributed by atoms with Crippen molar-refractivity contribution in [2.75, 3.05) is 23.4 Å². The number of carbonyl (C=O) groups excluding carboxylic acids is 1. The van der Waals surface area contributed by atoms with E-state index in [2.05, 4.69) is 5.32 Å². The highest BCUT2D eigenvalue weighted by Crippen LogP contribution is 2.46. The minimum Gasteiger partial charge on any atom is -0.486 e. The Morgan fingerprint density at radius 1 is 1.26 bits per heavy atom. The van der Waals surface area contributed by atoms with Crippen LogP contribution in [0, 0.1) is 0 Å². The van der Waals surface area contributed by atoms with Crippen molar-refractivity contribution in [2.24, 2.45) is 0 Å². The molecule has 1 amide bonds. The molecule has 2 aliphatic rings. The fourth-order valence-corrected chi connectivity index (χ4v) is 2.79. The molecule has 0 spiro atoms. The second-order valence-corrected chi connectivity index (χ2v) is 6.77. The molecular formula is C16H20N2O5. The fourth-order valence-electron chi connectivity index (χ4n) is 2.79. The zero-order chi connectivity index (χ0) is 17.0. The van der Waals surface area contributed by atoms with Crippen LogP contribution in [0.25, 0.3) is 0 Å². The van der Waals surface area contributed by atoms with E-state index in [1.165, 1.54) is 18.7 Å². The average Bonchev–Trinajstić information content (AvgIpc) is 2.46. The molecule has 0 saturated heterocycles. The normalized spacial score (nSPS) is 19.0. The molecule has 2 heterocycles. The maximum Gasteiger partial charge on any atom is 0.329 e. The van der Waals surface area contributed by atoms with Crippen LogP contribution in [0.4, 0.5) is 11.4 Å². The van der Waals surface area contributed by atoms with Crippen molar-refractivity contribution in [3.8, 4) is 11.5 Å². The van der Waals surface area contributed by atoms with Gasteiger partial charge in [-0.15, -0.1) is 0 Å².